The third-order valence-electron chi connectivity index (χ3n) is 4.25. The third kappa shape index (κ3) is 4.64. The molecule has 0 fully saturated rings. The van der Waals surface area contributed by atoms with E-state index in [0.717, 1.165) is 11.6 Å². The number of nitrogens with zero attached hydrogens (tertiary/aromatic N) is 1. The van der Waals surface area contributed by atoms with Crippen LogP contribution in [-0.2, 0) is 6.61 Å². The SMILES string of the molecule is COc1ccc(COc2cc(NC(=O)O)c([N+](=O)[O-])cc2-c2ccccc2F)cc1. The fourth-order valence-electron chi connectivity index (χ4n) is 2.83. The van der Waals surface area contributed by atoms with Crippen molar-refractivity contribution in [1.29, 1.82) is 0 Å². The highest BCUT2D eigenvalue weighted by atomic mass is 19.1. The molecule has 9 heteroatoms. The summed E-state index contributed by atoms with van der Waals surface area (Å²) in [6.45, 7) is 0.0652. The van der Waals surface area contributed by atoms with E-state index in [9.17, 15) is 19.3 Å². The fraction of sp³-hybridized carbons (Fsp3) is 0.0952. The normalized spacial score (nSPS) is 10.3. The second-order valence-electron chi connectivity index (χ2n) is 6.17. The maximum atomic E-state index is 14.4. The first-order valence-corrected chi connectivity index (χ1v) is 8.72. The van der Waals surface area contributed by atoms with Gasteiger partial charge in [-0.25, -0.2) is 9.18 Å². The minimum Gasteiger partial charge on any atom is -0.497 e. The van der Waals surface area contributed by atoms with Crippen LogP contribution in [-0.4, -0.2) is 23.2 Å². The van der Waals surface area contributed by atoms with Crippen LogP contribution in [0.4, 0.5) is 20.6 Å². The minimum absolute atomic E-state index is 0.0652. The Bertz CT molecular complexity index is 1090. The van der Waals surface area contributed by atoms with Crippen molar-refractivity contribution in [2.75, 3.05) is 12.4 Å². The molecule has 8 nitrogen and oxygen atoms in total. The van der Waals surface area contributed by atoms with Crippen molar-refractivity contribution in [2.24, 2.45) is 0 Å². The summed E-state index contributed by atoms with van der Waals surface area (Å²) < 4.78 is 25.3. The van der Waals surface area contributed by atoms with E-state index in [1.807, 2.05) is 5.32 Å². The van der Waals surface area contributed by atoms with Gasteiger partial charge in [-0.1, -0.05) is 30.3 Å². The molecule has 0 atom stereocenters. The number of benzene rings is 3. The molecule has 0 heterocycles. The molecule has 0 aliphatic rings. The Kier molecular flexibility index (Phi) is 6.11. The zero-order valence-corrected chi connectivity index (χ0v) is 15.8. The fourth-order valence-corrected chi connectivity index (χ4v) is 2.83. The molecule has 0 saturated carbocycles. The van der Waals surface area contributed by atoms with Crippen LogP contribution in [0.25, 0.3) is 11.1 Å². The van der Waals surface area contributed by atoms with Crippen molar-refractivity contribution in [2.45, 2.75) is 6.61 Å². The van der Waals surface area contributed by atoms with Gasteiger partial charge in [0.25, 0.3) is 5.69 Å². The Morgan fingerprint density at radius 2 is 1.83 bits per heavy atom. The number of anilines is 1. The van der Waals surface area contributed by atoms with E-state index in [-0.39, 0.29) is 29.2 Å². The molecule has 3 aromatic rings. The summed E-state index contributed by atoms with van der Waals surface area (Å²) in [6.07, 6.45) is -1.47. The molecule has 2 N–H and O–H groups in total. The summed E-state index contributed by atoms with van der Waals surface area (Å²) in [7, 11) is 1.54. The Morgan fingerprint density at radius 1 is 1.13 bits per heavy atom. The summed E-state index contributed by atoms with van der Waals surface area (Å²) >= 11 is 0. The van der Waals surface area contributed by atoms with Crippen LogP contribution in [0, 0.1) is 15.9 Å². The highest BCUT2D eigenvalue weighted by molar-refractivity contribution is 5.89. The molecule has 3 aromatic carbocycles. The molecule has 0 bridgehead atoms. The van der Waals surface area contributed by atoms with Gasteiger partial charge in [0, 0.05) is 23.3 Å². The van der Waals surface area contributed by atoms with Crippen LogP contribution in [0.15, 0.2) is 60.7 Å². The zero-order chi connectivity index (χ0) is 21.7. The van der Waals surface area contributed by atoms with Gasteiger partial charge in [-0.2, -0.15) is 0 Å². The van der Waals surface area contributed by atoms with Gasteiger partial charge >= 0.3 is 6.09 Å². The first kappa shape index (κ1) is 20.6. The highest BCUT2D eigenvalue weighted by Gasteiger charge is 2.23. The lowest BCUT2D eigenvalue weighted by molar-refractivity contribution is -0.383. The van der Waals surface area contributed by atoms with Crippen molar-refractivity contribution in [1.82, 2.24) is 0 Å². The standard InChI is InChI=1S/C21H17FN2O6/c1-29-14-8-6-13(7-9-14)12-30-20-11-18(23-21(25)26)19(24(27)28)10-16(20)15-4-2-3-5-17(15)22/h2-11,23H,12H2,1H3,(H,25,26). The van der Waals surface area contributed by atoms with Gasteiger partial charge in [-0.15, -0.1) is 0 Å². The molecule has 30 heavy (non-hydrogen) atoms. The topological polar surface area (TPSA) is 111 Å². The summed E-state index contributed by atoms with van der Waals surface area (Å²) in [4.78, 5) is 21.8. The quantitative estimate of drug-likeness (QED) is 0.414. The van der Waals surface area contributed by atoms with E-state index in [2.05, 4.69) is 0 Å². The number of nitrogens with one attached hydrogen (secondary N) is 1. The lowest BCUT2D eigenvalue weighted by Crippen LogP contribution is -2.10. The molecule has 0 spiro atoms. The first-order valence-electron chi connectivity index (χ1n) is 8.72. The van der Waals surface area contributed by atoms with Gasteiger partial charge in [0.1, 0.15) is 29.6 Å². The number of hydrogen-bond acceptors (Lipinski definition) is 5. The van der Waals surface area contributed by atoms with Gasteiger partial charge in [0.05, 0.1) is 12.0 Å². The summed E-state index contributed by atoms with van der Waals surface area (Å²) in [5.74, 6) is 0.152. The number of hydrogen-bond donors (Lipinski definition) is 2. The molecule has 0 unspecified atom stereocenters. The van der Waals surface area contributed by atoms with Crippen LogP contribution in [0.2, 0.25) is 0 Å². The smallest absolute Gasteiger partial charge is 0.409 e. The number of nitro groups is 1. The second-order valence-corrected chi connectivity index (χ2v) is 6.17. The molecular weight excluding hydrogens is 395 g/mol. The predicted octanol–water partition coefficient (Wildman–Crippen LogP) is 5.08. The largest absolute Gasteiger partial charge is 0.497 e. The molecule has 3 rings (SSSR count). The number of halogens is 1. The summed E-state index contributed by atoms with van der Waals surface area (Å²) in [5.41, 5.74) is 0.183. The maximum Gasteiger partial charge on any atom is 0.409 e. The predicted molar refractivity (Wildman–Crippen MR) is 107 cm³/mol. The Hall–Kier alpha value is -4.14. The molecule has 0 aliphatic heterocycles. The molecule has 0 aromatic heterocycles. The van der Waals surface area contributed by atoms with Crippen LogP contribution >= 0.6 is 0 Å². The number of ether oxygens (including phenoxy) is 2. The van der Waals surface area contributed by atoms with Crippen molar-refractivity contribution < 1.29 is 28.7 Å². The number of carbonyl (C=O) groups is 1. The summed E-state index contributed by atoms with van der Waals surface area (Å²) in [6, 6.07) is 15.0. The van der Waals surface area contributed by atoms with E-state index in [1.54, 1.807) is 37.4 Å². The zero-order valence-electron chi connectivity index (χ0n) is 15.8. The lowest BCUT2D eigenvalue weighted by Gasteiger charge is -2.15. The van der Waals surface area contributed by atoms with E-state index in [4.69, 9.17) is 14.6 Å². The monoisotopic (exact) mass is 412 g/mol. The van der Waals surface area contributed by atoms with Gasteiger partial charge in [-0.3, -0.25) is 15.4 Å². The highest BCUT2D eigenvalue weighted by Crippen LogP contribution is 2.40. The third-order valence-corrected chi connectivity index (χ3v) is 4.25. The number of nitro benzene ring substituents is 1. The van der Waals surface area contributed by atoms with Gasteiger partial charge in [-0.05, 0) is 23.8 Å². The van der Waals surface area contributed by atoms with Gasteiger partial charge in [0.2, 0.25) is 0 Å². The number of carboxylic acid groups (broad SMARTS) is 1. The minimum atomic E-state index is -1.47. The average Bonchev–Trinajstić information content (AvgIpc) is 2.72. The van der Waals surface area contributed by atoms with Gasteiger partial charge < -0.3 is 14.6 Å². The average molecular weight is 412 g/mol. The van der Waals surface area contributed by atoms with Crippen LogP contribution in [0.5, 0.6) is 11.5 Å². The van der Waals surface area contributed by atoms with Crippen LogP contribution in [0.3, 0.4) is 0 Å². The van der Waals surface area contributed by atoms with Crippen molar-refractivity contribution in [3.8, 4) is 22.6 Å². The Labute approximate surface area is 170 Å². The van der Waals surface area contributed by atoms with Crippen molar-refractivity contribution >= 4 is 17.5 Å². The molecule has 1 amide bonds. The molecule has 154 valence electrons. The summed E-state index contributed by atoms with van der Waals surface area (Å²) in [5, 5.41) is 22.4. The van der Waals surface area contributed by atoms with E-state index in [0.29, 0.717) is 5.75 Å². The van der Waals surface area contributed by atoms with Crippen molar-refractivity contribution in [3.63, 3.8) is 0 Å². The second kappa shape index (κ2) is 8.91. The number of methoxy groups -OCH3 is 1. The number of rotatable bonds is 7. The molecule has 0 saturated heterocycles. The van der Waals surface area contributed by atoms with Crippen LogP contribution in [0.1, 0.15) is 5.56 Å². The van der Waals surface area contributed by atoms with E-state index >= 15 is 0 Å². The molecule has 0 radical (unpaired) electrons. The Morgan fingerprint density at radius 3 is 2.43 bits per heavy atom. The van der Waals surface area contributed by atoms with E-state index < -0.39 is 22.5 Å². The molecular formula is C21H17FN2O6. The van der Waals surface area contributed by atoms with E-state index in [1.165, 1.54) is 24.3 Å². The van der Waals surface area contributed by atoms with Gasteiger partial charge in [0.15, 0.2) is 0 Å². The molecule has 0 aliphatic carbocycles. The lowest BCUT2D eigenvalue weighted by atomic mass is 10.0. The van der Waals surface area contributed by atoms with Crippen molar-refractivity contribution in [3.05, 3.63) is 82.2 Å². The Balaban J connectivity index is 2.06. The maximum absolute atomic E-state index is 14.4. The van der Waals surface area contributed by atoms with Crippen LogP contribution < -0.4 is 14.8 Å². The first-order chi connectivity index (χ1) is 14.4. The number of amides is 1.